The maximum absolute atomic E-state index is 13.3. The molecule has 1 aromatic carbocycles. The lowest BCUT2D eigenvalue weighted by molar-refractivity contribution is 0.0212. The topological polar surface area (TPSA) is 150 Å². The van der Waals surface area contributed by atoms with E-state index in [9.17, 15) is 24.3 Å². The van der Waals surface area contributed by atoms with Crippen molar-refractivity contribution in [3.63, 3.8) is 0 Å². The Hall–Kier alpha value is -3.69. The van der Waals surface area contributed by atoms with E-state index in [-0.39, 0.29) is 17.9 Å². The van der Waals surface area contributed by atoms with Gasteiger partial charge in [0.05, 0.1) is 37.3 Å². The third-order valence-electron chi connectivity index (χ3n) is 6.55. The second kappa shape index (κ2) is 10.7. The first-order valence-electron chi connectivity index (χ1n) is 11.5. The highest BCUT2D eigenvalue weighted by atomic mass is 19.1. The number of likely N-dealkylation sites (tertiary alicyclic amines) is 1. The Bertz CT molecular complexity index is 1090. The molecule has 3 heterocycles. The normalized spacial score (nSPS) is 23.0. The first-order valence-corrected chi connectivity index (χ1v) is 11.5. The van der Waals surface area contributed by atoms with Crippen molar-refractivity contribution in [3.8, 4) is 6.07 Å². The number of carboxylic acid groups (broad SMARTS) is 1. The van der Waals surface area contributed by atoms with Crippen molar-refractivity contribution in [3.05, 3.63) is 41.8 Å². The minimum absolute atomic E-state index is 0.0883. The number of hydrogen-bond acceptors (Lipinski definition) is 7. The molecule has 0 spiro atoms. The lowest BCUT2D eigenvalue weighted by Gasteiger charge is -2.43. The van der Waals surface area contributed by atoms with Crippen LogP contribution in [0.1, 0.15) is 29.2 Å². The van der Waals surface area contributed by atoms with Gasteiger partial charge in [0.25, 0.3) is 5.91 Å². The zero-order chi connectivity index (χ0) is 24.9. The number of benzene rings is 1. The number of anilines is 2. The highest BCUT2D eigenvalue weighted by Gasteiger charge is 2.42. The van der Waals surface area contributed by atoms with Crippen LogP contribution in [0.5, 0.6) is 0 Å². The van der Waals surface area contributed by atoms with Crippen molar-refractivity contribution < 1.29 is 23.8 Å². The Balaban J connectivity index is 1.66. The zero-order valence-corrected chi connectivity index (χ0v) is 19.1. The number of halogens is 1. The highest BCUT2D eigenvalue weighted by Crippen LogP contribution is 2.36. The number of primary amides is 1. The molecule has 2 saturated heterocycles. The summed E-state index contributed by atoms with van der Waals surface area (Å²) >= 11 is 0. The minimum Gasteiger partial charge on any atom is -0.465 e. The van der Waals surface area contributed by atoms with Gasteiger partial charge >= 0.3 is 6.09 Å². The number of piperidine rings is 1. The maximum Gasteiger partial charge on any atom is 0.407 e. The Labute approximate surface area is 201 Å². The highest BCUT2D eigenvalue weighted by molar-refractivity contribution is 5.98. The van der Waals surface area contributed by atoms with E-state index >= 15 is 0 Å². The fraction of sp³-hybridized carbons (Fsp3) is 0.478. The van der Waals surface area contributed by atoms with Gasteiger partial charge in [-0.25, -0.2) is 9.18 Å². The van der Waals surface area contributed by atoms with E-state index in [1.165, 1.54) is 40.0 Å². The monoisotopic (exact) mass is 485 g/mol. The van der Waals surface area contributed by atoms with Crippen molar-refractivity contribution >= 4 is 23.5 Å². The van der Waals surface area contributed by atoms with Gasteiger partial charge in [-0.3, -0.25) is 14.4 Å². The molecule has 3 atom stereocenters. The van der Waals surface area contributed by atoms with Gasteiger partial charge in [-0.05, 0) is 37.1 Å². The zero-order valence-electron chi connectivity index (χ0n) is 19.1. The summed E-state index contributed by atoms with van der Waals surface area (Å²) in [7, 11) is 0. The van der Waals surface area contributed by atoms with Gasteiger partial charge in [0.1, 0.15) is 11.4 Å². The molecular weight excluding hydrogens is 457 g/mol. The summed E-state index contributed by atoms with van der Waals surface area (Å²) in [5, 5.41) is 27.3. The molecule has 12 heteroatoms. The van der Waals surface area contributed by atoms with Crippen LogP contribution in [0.25, 0.3) is 0 Å². The predicted molar refractivity (Wildman–Crippen MR) is 124 cm³/mol. The number of aromatic nitrogens is 2. The molecule has 4 N–H and O–H groups in total. The maximum atomic E-state index is 13.3. The summed E-state index contributed by atoms with van der Waals surface area (Å²) in [5.74, 6) is -1.50. The van der Waals surface area contributed by atoms with Crippen LogP contribution in [0.3, 0.4) is 0 Å². The quantitative estimate of drug-likeness (QED) is 0.539. The van der Waals surface area contributed by atoms with E-state index in [4.69, 9.17) is 10.5 Å². The van der Waals surface area contributed by atoms with Crippen LogP contribution >= 0.6 is 0 Å². The molecule has 3 unspecified atom stereocenters. The molecule has 186 valence electrons. The summed E-state index contributed by atoms with van der Waals surface area (Å²) in [6, 6.07) is 6.67. The number of nitriles is 1. The smallest absolute Gasteiger partial charge is 0.407 e. The molecule has 4 rings (SSSR count). The Morgan fingerprint density at radius 3 is 2.60 bits per heavy atom. The van der Waals surface area contributed by atoms with Crippen LogP contribution in [-0.2, 0) is 4.74 Å². The standard InChI is InChI=1S/C23H28FN7O4/c24-16-1-3-17(4-2-16)27-22-18(21(26)32)14-31(28-22)20-15(13-25)5-8-30(23(33)34)19(20)6-7-29-9-11-35-12-10-29/h1-4,14-15,19-20H,5-12H2,(H2,26,32)(H,27,28)(H,33,34). The van der Waals surface area contributed by atoms with Crippen LogP contribution in [0.4, 0.5) is 20.7 Å². The summed E-state index contributed by atoms with van der Waals surface area (Å²) in [6.45, 7) is 3.63. The molecule has 2 aliphatic rings. The van der Waals surface area contributed by atoms with E-state index in [1.807, 2.05) is 0 Å². The number of nitrogens with two attached hydrogens (primary N) is 1. The van der Waals surface area contributed by atoms with Crippen molar-refractivity contribution in [2.24, 2.45) is 11.7 Å². The van der Waals surface area contributed by atoms with E-state index < -0.39 is 35.8 Å². The Kier molecular flexibility index (Phi) is 7.48. The molecule has 11 nitrogen and oxygen atoms in total. The van der Waals surface area contributed by atoms with Gasteiger partial charge in [-0.2, -0.15) is 10.4 Å². The molecule has 2 amide bonds. The predicted octanol–water partition coefficient (Wildman–Crippen LogP) is 2.02. The van der Waals surface area contributed by atoms with Crippen molar-refractivity contribution in [2.45, 2.75) is 24.9 Å². The van der Waals surface area contributed by atoms with Gasteiger partial charge in [0.2, 0.25) is 0 Å². The molecule has 0 aliphatic carbocycles. The van der Waals surface area contributed by atoms with Crippen molar-refractivity contribution in [1.82, 2.24) is 19.6 Å². The number of hydrogen-bond donors (Lipinski definition) is 3. The second-order valence-corrected chi connectivity index (χ2v) is 8.67. The number of carbonyl (C=O) groups excluding carboxylic acids is 1. The third-order valence-corrected chi connectivity index (χ3v) is 6.55. The van der Waals surface area contributed by atoms with Crippen LogP contribution in [-0.4, -0.2) is 82.1 Å². The average molecular weight is 486 g/mol. The fourth-order valence-corrected chi connectivity index (χ4v) is 4.76. The average Bonchev–Trinajstić information content (AvgIpc) is 3.27. The second-order valence-electron chi connectivity index (χ2n) is 8.67. The molecule has 0 bridgehead atoms. The molecular formula is C23H28FN7O4. The van der Waals surface area contributed by atoms with E-state index in [2.05, 4.69) is 21.4 Å². The molecule has 2 fully saturated rings. The van der Waals surface area contributed by atoms with Crippen LogP contribution in [0.15, 0.2) is 30.5 Å². The lowest BCUT2D eigenvalue weighted by Crippen LogP contribution is -2.53. The van der Waals surface area contributed by atoms with E-state index in [0.29, 0.717) is 38.3 Å². The largest absolute Gasteiger partial charge is 0.465 e. The molecule has 0 saturated carbocycles. The summed E-state index contributed by atoms with van der Waals surface area (Å²) in [5.41, 5.74) is 6.17. The lowest BCUT2D eigenvalue weighted by atomic mass is 9.85. The van der Waals surface area contributed by atoms with Gasteiger partial charge in [-0.15, -0.1) is 0 Å². The van der Waals surface area contributed by atoms with Crippen molar-refractivity contribution in [2.75, 3.05) is 44.7 Å². The Morgan fingerprint density at radius 1 is 1.26 bits per heavy atom. The molecule has 0 radical (unpaired) electrons. The summed E-state index contributed by atoms with van der Waals surface area (Å²) in [4.78, 5) is 27.8. The van der Waals surface area contributed by atoms with Crippen LogP contribution in [0.2, 0.25) is 0 Å². The number of nitrogens with one attached hydrogen (secondary N) is 1. The number of rotatable bonds is 7. The number of nitrogens with zero attached hydrogens (tertiary/aromatic N) is 5. The van der Waals surface area contributed by atoms with E-state index in [1.54, 1.807) is 0 Å². The number of ether oxygens (including phenoxy) is 1. The number of morpholine rings is 1. The minimum atomic E-state index is -1.06. The number of amides is 2. The van der Waals surface area contributed by atoms with Gasteiger partial charge < -0.3 is 25.8 Å². The van der Waals surface area contributed by atoms with E-state index in [0.717, 1.165) is 13.1 Å². The SMILES string of the molecule is N#CC1CCN(C(=O)O)C(CCN2CCOCC2)C1n1cc(C(N)=O)c(Nc2ccc(F)cc2)n1. The van der Waals surface area contributed by atoms with Gasteiger partial charge in [0, 0.05) is 38.1 Å². The first-order chi connectivity index (χ1) is 16.9. The molecule has 1 aromatic heterocycles. The summed E-state index contributed by atoms with van der Waals surface area (Å²) in [6.07, 6.45) is 1.22. The Morgan fingerprint density at radius 2 is 1.97 bits per heavy atom. The number of carbonyl (C=O) groups is 2. The third kappa shape index (κ3) is 5.52. The molecule has 2 aromatic rings. The molecule has 35 heavy (non-hydrogen) atoms. The van der Waals surface area contributed by atoms with Crippen molar-refractivity contribution in [1.29, 1.82) is 5.26 Å². The first kappa shape index (κ1) is 24.4. The van der Waals surface area contributed by atoms with Gasteiger partial charge in [0.15, 0.2) is 5.82 Å². The summed E-state index contributed by atoms with van der Waals surface area (Å²) < 4.78 is 20.2. The molecule has 2 aliphatic heterocycles. The van der Waals surface area contributed by atoms with Crippen LogP contribution in [0, 0.1) is 23.1 Å². The van der Waals surface area contributed by atoms with Gasteiger partial charge in [-0.1, -0.05) is 0 Å². The fourth-order valence-electron chi connectivity index (χ4n) is 4.76. The van der Waals surface area contributed by atoms with Crippen LogP contribution < -0.4 is 11.1 Å².